The van der Waals surface area contributed by atoms with E-state index in [9.17, 15) is 9.50 Å². The Morgan fingerprint density at radius 1 is 1.12 bits per heavy atom. The van der Waals surface area contributed by atoms with Gasteiger partial charge >= 0.3 is 0 Å². The number of phenols is 1. The Morgan fingerprint density at radius 2 is 1.88 bits per heavy atom. The quantitative estimate of drug-likeness (QED) is 0.470. The Bertz CT molecular complexity index is 1100. The molecular formula is C24H29FN6O. The number of aromatic amines is 1. The Morgan fingerprint density at radius 3 is 2.50 bits per heavy atom. The van der Waals surface area contributed by atoms with E-state index in [2.05, 4.69) is 51.8 Å². The second-order valence-corrected chi connectivity index (χ2v) is 9.99. The maximum absolute atomic E-state index is 14.6. The summed E-state index contributed by atoms with van der Waals surface area (Å²) >= 11 is 0. The lowest BCUT2D eigenvalue weighted by Crippen LogP contribution is -2.55. The largest absolute Gasteiger partial charge is 0.507 e. The summed E-state index contributed by atoms with van der Waals surface area (Å²) in [7, 11) is 0. The van der Waals surface area contributed by atoms with Gasteiger partial charge in [0.1, 0.15) is 17.4 Å². The van der Waals surface area contributed by atoms with Crippen LogP contribution in [0.2, 0.25) is 0 Å². The third-order valence-corrected chi connectivity index (χ3v) is 7.18. The van der Waals surface area contributed by atoms with Crippen molar-refractivity contribution in [2.24, 2.45) is 5.92 Å². The predicted octanol–water partition coefficient (Wildman–Crippen LogP) is 4.49. The first-order valence-electron chi connectivity index (χ1n) is 11.2. The minimum absolute atomic E-state index is 0.0577. The Balaban J connectivity index is 1.31. The van der Waals surface area contributed by atoms with Crippen molar-refractivity contribution in [1.82, 2.24) is 25.7 Å². The zero-order chi connectivity index (χ0) is 22.5. The Hall–Kier alpha value is -3.00. The standard InChI is InChI=1S/C24H29FN6O/c1-14(15-10-23(2)6-7-24(3,11-15)31-23)28-22-5-4-20(29-30-22)18-8-19(25)17(9-21(18)32)16-12-26-27-13-16/h4-5,8-9,12-15,31-32H,6-7,10-11H2,1-3H3,(H,26,27)(H,28,30). The molecule has 168 valence electrons. The average Bonchev–Trinajstić information content (AvgIpc) is 3.35. The van der Waals surface area contributed by atoms with Crippen LogP contribution in [0.25, 0.3) is 22.4 Å². The average molecular weight is 437 g/mol. The van der Waals surface area contributed by atoms with Crippen LogP contribution in [0.15, 0.2) is 36.7 Å². The van der Waals surface area contributed by atoms with Crippen molar-refractivity contribution in [3.63, 3.8) is 0 Å². The molecule has 2 bridgehead atoms. The van der Waals surface area contributed by atoms with Gasteiger partial charge in [0.25, 0.3) is 0 Å². The number of rotatable bonds is 5. The SMILES string of the molecule is CC(Nc1ccc(-c2cc(F)c(-c3cn[nH]c3)cc2O)nn1)C1CC2(C)CCC(C)(C1)N2. The molecule has 3 aromatic rings. The summed E-state index contributed by atoms with van der Waals surface area (Å²) in [5, 5.41) is 32.8. The number of anilines is 1. The van der Waals surface area contributed by atoms with Crippen LogP contribution in [0.1, 0.15) is 46.5 Å². The van der Waals surface area contributed by atoms with Crippen LogP contribution in [0.4, 0.5) is 10.2 Å². The van der Waals surface area contributed by atoms with Crippen LogP contribution in [0, 0.1) is 11.7 Å². The minimum Gasteiger partial charge on any atom is -0.507 e. The summed E-state index contributed by atoms with van der Waals surface area (Å²) in [6.07, 6.45) is 7.80. The fourth-order valence-corrected chi connectivity index (χ4v) is 5.58. The summed E-state index contributed by atoms with van der Waals surface area (Å²) < 4.78 is 14.6. The van der Waals surface area contributed by atoms with E-state index in [1.165, 1.54) is 31.2 Å². The Kier molecular flexibility index (Phi) is 4.93. The highest BCUT2D eigenvalue weighted by Gasteiger charge is 2.49. The summed E-state index contributed by atoms with van der Waals surface area (Å²) in [5.41, 5.74) is 1.99. The topological polar surface area (TPSA) is 98.8 Å². The highest BCUT2D eigenvalue weighted by Crippen LogP contribution is 2.45. The molecule has 0 saturated carbocycles. The summed E-state index contributed by atoms with van der Waals surface area (Å²) in [5.74, 6) is 0.707. The molecule has 0 radical (unpaired) electrons. The van der Waals surface area contributed by atoms with Gasteiger partial charge in [-0.1, -0.05) is 0 Å². The zero-order valence-corrected chi connectivity index (χ0v) is 18.6. The molecule has 3 atom stereocenters. The molecule has 0 aliphatic carbocycles. The lowest BCUT2D eigenvalue weighted by molar-refractivity contribution is 0.160. The number of aromatic hydroxyl groups is 1. The van der Waals surface area contributed by atoms with E-state index in [-0.39, 0.29) is 28.4 Å². The van der Waals surface area contributed by atoms with E-state index in [0.29, 0.717) is 28.6 Å². The molecule has 7 nitrogen and oxygen atoms in total. The number of nitrogens with one attached hydrogen (secondary N) is 3. The monoisotopic (exact) mass is 436 g/mol. The van der Waals surface area contributed by atoms with Crippen LogP contribution in [0.3, 0.4) is 0 Å². The van der Waals surface area contributed by atoms with Crippen LogP contribution >= 0.6 is 0 Å². The maximum Gasteiger partial charge on any atom is 0.148 e. The number of fused-ring (bicyclic) bond motifs is 2. The van der Waals surface area contributed by atoms with E-state index in [4.69, 9.17) is 0 Å². The van der Waals surface area contributed by atoms with Gasteiger partial charge in [-0.3, -0.25) is 5.10 Å². The number of H-pyrrole nitrogens is 1. The summed E-state index contributed by atoms with van der Waals surface area (Å²) in [6.45, 7) is 6.86. The highest BCUT2D eigenvalue weighted by atomic mass is 19.1. The molecule has 8 heteroatoms. The first-order valence-corrected chi connectivity index (χ1v) is 11.2. The van der Waals surface area contributed by atoms with Gasteiger partial charge in [0.2, 0.25) is 0 Å². The van der Waals surface area contributed by atoms with Gasteiger partial charge in [-0.25, -0.2) is 4.39 Å². The van der Waals surface area contributed by atoms with Gasteiger partial charge in [0, 0.05) is 40.0 Å². The second-order valence-electron chi connectivity index (χ2n) is 9.99. The molecule has 2 aliphatic rings. The number of aromatic nitrogens is 4. The maximum atomic E-state index is 14.6. The van der Waals surface area contributed by atoms with Crippen LogP contribution < -0.4 is 10.6 Å². The number of phenolic OH excluding ortho intramolecular Hbond substituents is 1. The molecule has 2 fully saturated rings. The molecule has 0 amide bonds. The predicted molar refractivity (Wildman–Crippen MR) is 122 cm³/mol. The van der Waals surface area contributed by atoms with E-state index < -0.39 is 5.82 Å². The van der Waals surface area contributed by atoms with Crippen LogP contribution in [0.5, 0.6) is 5.75 Å². The van der Waals surface area contributed by atoms with Crippen molar-refractivity contribution in [3.8, 4) is 28.1 Å². The van der Waals surface area contributed by atoms with Crippen molar-refractivity contribution >= 4 is 5.82 Å². The third-order valence-electron chi connectivity index (χ3n) is 7.18. The van der Waals surface area contributed by atoms with Gasteiger partial charge < -0.3 is 15.7 Å². The van der Waals surface area contributed by atoms with Gasteiger partial charge in [-0.15, -0.1) is 10.2 Å². The van der Waals surface area contributed by atoms with Crippen LogP contribution in [-0.2, 0) is 0 Å². The van der Waals surface area contributed by atoms with Gasteiger partial charge in [-0.2, -0.15) is 5.10 Å². The molecule has 0 spiro atoms. The van der Waals surface area contributed by atoms with E-state index >= 15 is 0 Å². The zero-order valence-electron chi connectivity index (χ0n) is 18.6. The molecule has 4 N–H and O–H groups in total. The fraction of sp³-hybridized carbons (Fsp3) is 0.458. The number of benzene rings is 1. The molecule has 3 unspecified atom stereocenters. The fourth-order valence-electron chi connectivity index (χ4n) is 5.58. The molecule has 2 aromatic heterocycles. The second kappa shape index (κ2) is 7.55. The van der Waals surface area contributed by atoms with Crippen LogP contribution in [-0.4, -0.2) is 42.6 Å². The highest BCUT2D eigenvalue weighted by molar-refractivity contribution is 5.74. The van der Waals surface area contributed by atoms with Gasteiger partial charge in [0.15, 0.2) is 0 Å². The lowest BCUT2D eigenvalue weighted by atomic mass is 9.77. The number of hydrogen-bond acceptors (Lipinski definition) is 6. The number of hydrogen-bond donors (Lipinski definition) is 4. The van der Waals surface area contributed by atoms with Gasteiger partial charge in [-0.05, 0) is 76.6 Å². The minimum atomic E-state index is -0.459. The molecule has 2 saturated heterocycles. The number of halogens is 1. The van der Waals surface area contributed by atoms with Crippen molar-refractivity contribution in [3.05, 3.63) is 42.5 Å². The van der Waals surface area contributed by atoms with Crippen molar-refractivity contribution in [2.45, 2.75) is 63.6 Å². The van der Waals surface area contributed by atoms with Crippen molar-refractivity contribution in [1.29, 1.82) is 0 Å². The van der Waals surface area contributed by atoms with Crippen molar-refractivity contribution in [2.75, 3.05) is 5.32 Å². The summed E-state index contributed by atoms with van der Waals surface area (Å²) in [4.78, 5) is 0. The van der Waals surface area contributed by atoms with E-state index in [1.54, 1.807) is 12.3 Å². The number of nitrogens with zero attached hydrogens (tertiary/aromatic N) is 3. The third kappa shape index (κ3) is 3.83. The molecule has 4 heterocycles. The molecule has 2 aliphatic heterocycles. The number of piperidine rings is 1. The molecule has 5 rings (SSSR count). The lowest BCUT2D eigenvalue weighted by Gasteiger charge is -2.44. The smallest absolute Gasteiger partial charge is 0.148 e. The van der Waals surface area contributed by atoms with Crippen molar-refractivity contribution < 1.29 is 9.50 Å². The summed E-state index contributed by atoms with van der Waals surface area (Å²) in [6, 6.07) is 6.51. The normalized spacial score (nSPS) is 27.9. The molecular weight excluding hydrogens is 407 g/mol. The Labute approximate surface area is 186 Å². The molecule has 32 heavy (non-hydrogen) atoms. The first kappa shape index (κ1) is 20.9. The first-order chi connectivity index (χ1) is 15.2. The molecule has 1 aromatic carbocycles. The van der Waals surface area contributed by atoms with E-state index in [1.807, 2.05) is 6.07 Å². The van der Waals surface area contributed by atoms with E-state index in [0.717, 1.165) is 12.8 Å². The van der Waals surface area contributed by atoms with Gasteiger partial charge in [0.05, 0.1) is 11.9 Å².